The molecule has 0 saturated carbocycles. The molecule has 0 unspecified atom stereocenters. The number of aliphatic hydroxyl groups is 1. The molecule has 0 bridgehead atoms. The largest absolute Gasteiger partial charge is 0.496 e. The van der Waals surface area contributed by atoms with E-state index in [0.29, 0.717) is 47.2 Å². The number of benzene rings is 1. The molecular weight excluding hydrogens is 437 g/mol. The number of aryl methyl sites for hydroxylation is 1. The van der Waals surface area contributed by atoms with Crippen LogP contribution in [-0.4, -0.2) is 53.3 Å². The maximum absolute atomic E-state index is 14.8. The molecule has 1 saturated heterocycles. The zero-order chi connectivity index (χ0) is 24.0. The molecule has 2 aliphatic rings. The van der Waals surface area contributed by atoms with Crippen LogP contribution in [0.25, 0.3) is 11.3 Å². The van der Waals surface area contributed by atoms with Gasteiger partial charge in [-0.3, -0.25) is 14.7 Å². The highest BCUT2D eigenvalue weighted by atomic mass is 19.1. The molecule has 4 heterocycles. The summed E-state index contributed by atoms with van der Waals surface area (Å²) in [4.78, 5) is 26.1. The lowest BCUT2D eigenvalue weighted by Crippen LogP contribution is -2.34. The number of rotatable bonds is 5. The summed E-state index contributed by atoms with van der Waals surface area (Å²) in [5.74, 6) is 0.806. The van der Waals surface area contributed by atoms with Gasteiger partial charge in [-0.2, -0.15) is 0 Å². The predicted octanol–water partition coefficient (Wildman–Crippen LogP) is 2.66. The zero-order valence-corrected chi connectivity index (χ0v) is 19.0. The highest BCUT2D eigenvalue weighted by Crippen LogP contribution is 2.39. The molecule has 0 aliphatic carbocycles. The van der Waals surface area contributed by atoms with Gasteiger partial charge in [-0.15, -0.1) is 0 Å². The Labute approximate surface area is 196 Å². The number of halogens is 1. The molecule has 0 spiro atoms. The summed E-state index contributed by atoms with van der Waals surface area (Å²) < 4.78 is 20.2. The average molecular weight is 464 g/mol. The van der Waals surface area contributed by atoms with E-state index in [4.69, 9.17) is 15.5 Å². The molecule has 8 nitrogen and oxygen atoms in total. The molecule has 1 aromatic carbocycles. The van der Waals surface area contributed by atoms with Crippen molar-refractivity contribution >= 4 is 17.5 Å². The Morgan fingerprint density at radius 2 is 2.06 bits per heavy atom. The number of methoxy groups -OCH3 is 1. The molecule has 9 heteroatoms. The minimum Gasteiger partial charge on any atom is -0.496 e. The molecule has 176 valence electrons. The fourth-order valence-corrected chi connectivity index (χ4v) is 4.86. The van der Waals surface area contributed by atoms with Crippen molar-refractivity contribution in [3.63, 3.8) is 0 Å². The standard InChI is InChI=1S/C25H26FN5O3/c1-14-8-21(30-11-15(27)10-16(30)13-32)29-22(9-14)31-12-18-17(25(31)33)6-7-28-24(18)23-19(26)4-3-5-20(23)34-2/h3-9,15-16,32H,10-13,27H2,1-2H3/t15-,16+/m1/s1. The number of hydrogen-bond donors (Lipinski definition) is 2. The Kier molecular flexibility index (Phi) is 5.66. The average Bonchev–Trinajstić information content (AvgIpc) is 3.38. The smallest absolute Gasteiger partial charge is 0.260 e. The van der Waals surface area contributed by atoms with Crippen LogP contribution in [0.1, 0.15) is 27.9 Å². The predicted molar refractivity (Wildman–Crippen MR) is 126 cm³/mol. The van der Waals surface area contributed by atoms with E-state index < -0.39 is 5.82 Å². The first-order valence-electron chi connectivity index (χ1n) is 11.2. The number of nitrogens with two attached hydrogens (primary N) is 1. The summed E-state index contributed by atoms with van der Waals surface area (Å²) in [7, 11) is 1.47. The third-order valence-electron chi connectivity index (χ3n) is 6.45. The van der Waals surface area contributed by atoms with Crippen LogP contribution < -0.4 is 20.3 Å². The SMILES string of the molecule is COc1cccc(F)c1-c1nccc2c1CN(c1cc(C)cc(N3C[C@H](N)C[C@H]3CO)n1)C2=O. The second-order valence-electron chi connectivity index (χ2n) is 8.74. The second kappa shape index (κ2) is 8.66. The monoisotopic (exact) mass is 463 g/mol. The zero-order valence-electron chi connectivity index (χ0n) is 19.0. The van der Waals surface area contributed by atoms with Crippen molar-refractivity contribution in [1.82, 2.24) is 9.97 Å². The van der Waals surface area contributed by atoms with Gasteiger partial charge in [0.15, 0.2) is 0 Å². The normalized spacial score (nSPS) is 19.6. The third-order valence-corrected chi connectivity index (χ3v) is 6.45. The van der Waals surface area contributed by atoms with E-state index in [1.807, 2.05) is 24.0 Å². The molecular formula is C25H26FN5O3. The molecule has 2 atom stereocenters. The first-order chi connectivity index (χ1) is 16.4. The highest BCUT2D eigenvalue weighted by molar-refractivity contribution is 6.10. The van der Waals surface area contributed by atoms with Crippen LogP contribution in [0.3, 0.4) is 0 Å². The minimum absolute atomic E-state index is 0.0216. The Morgan fingerprint density at radius 3 is 2.82 bits per heavy atom. The molecule has 2 aromatic heterocycles. The van der Waals surface area contributed by atoms with E-state index >= 15 is 0 Å². The van der Waals surface area contributed by atoms with Gasteiger partial charge in [0.2, 0.25) is 0 Å². The van der Waals surface area contributed by atoms with Crippen molar-refractivity contribution in [3.8, 4) is 17.0 Å². The minimum atomic E-state index is -0.470. The Hall–Kier alpha value is -3.56. The van der Waals surface area contributed by atoms with Gasteiger partial charge in [0.05, 0.1) is 37.6 Å². The Morgan fingerprint density at radius 1 is 1.26 bits per heavy atom. The molecule has 2 aliphatic heterocycles. The summed E-state index contributed by atoms with van der Waals surface area (Å²) in [6, 6.07) is 9.83. The second-order valence-corrected chi connectivity index (χ2v) is 8.74. The van der Waals surface area contributed by atoms with Gasteiger partial charge in [0.1, 0.15) is 23.2 Å². The lowest BCUT2D eigenvalue weighted by atomic mass is 10.0. The van der Waals surface area contributed by atoms with Crippen LogP contribution in [0.15, 0.2) is 42.6 Å². The van der Waals surface area contributed by atoms with Crippen molar-refractivity contribution in [2.24, 2.45) is 5.73 Å². The van der Waals surface area contributed by atoms with E-state index in [0.717, 1.165) is 5.56 Å². The van der Waals surface area contributed by atoms with E-state index in [9.17, 15) is 14.3 Å². The number of carbonyl (C=O) groups excluding carboxylic acids is 1. The highest BCUT2D eigenvalue weighted by Gasteiger charge is 2.35. The number of carbonyl (C=O) groups is 1. The van der Waals surface area contributed by atoms with Gasteiger partial charge in [-0.05, 0) is 49.2 Å². The molecule has 5 rings (SSSR count). The molecule has 1 amide bonds. The van der Waals surface area contributed by atoms with Gasteiger partial charge in [0, 0.05) is 29.9 Å². The number of pyridine rings is 2. The van der Waals surface area contributed by atoms with E-state index in [1.165, 1.54) is 19.4 Å². The number of aromatic nitrogens is 2. The maximum atomic E-state index is 14.8. The topological polar surface area (TPSA) is 105 Å². The number of ether oxygens (including phenoxy) is 1. The number of fused-ring (bicyclic) bond motifs is 1. The van der Waals surface area contributed by atoms with Gasteiger partial charge in [0.25, 0.3) is 5.91 Å². The van der Waals surface area contributed by atoms with Crippen molar-refractivity contribution in [2.75, 3.05) is 30.1 Å². The van der Waals surface area contributed by atoms with E-state index in [1.54, 1.807) is 23.1 Å². The van der Waals surface area contributed by atoms with Gasteiger partial charge in [-0.25, -0.2) is 9.37 Å². The van der Waals surface area contributed by atoms with Crippen LogP contribution in [0.4, 0.5) is 16.0 Å². The van der Waals surface area contributed by atoms with Crippen molar-refractivity contribution in [1.29, 1.82) is 0 Å². The number of hydrogen-bond acceptors (Lipinski definition) is 7. The van der Waals surface area contributed by atoms with E-state index in [-0.39, 0.29) is 36.7 Å². The van der Waals surface area contributed by atoms with Crippen molar-refractivity contribution in [2.45, 2.75) is 32.0 Å². The van der Waals surface area contributed by atoms with Crippen molar-refractivity contribution in [3.05, 3.63) is 65.1 Å². The molecule has 3 aromatic rings. The van der Waals surface area contributed by atoms with Crippen LogP contribution >= 0.6 is 0 Å². The number of aliphatic hydroxyl groups excluding tert-OH is 1. The van der Waals surface area contributed by atoms with Crippen LogP contribution in [-0.2, 0) is 6.54 Å². The lowest BCUT2D eigenvalue weighted by Gasteiger charge is -2.26. The first kappa shape index (κ1) is 22.2. The Balaban J connectivity index is 1.55. The summed E-state index contributed by atoms with van der Waals surface area (Å²) in [5, 5.41) is 9.79. The summed E-state index contributed by atoms with van der Waals surface area (Å²) in [6.07, 6.45) is 2.18. The van der Waals surface area contributed by atoms with Crippen molar-refractivity contribution < 1.29 is 19.0 Å². The number of anilines is 2. The lowest BCUT2D eigenvalue weighted by molar-refractivity contribution is 0.0996. The molecule has 34 heavy (non-hydrogen) atoms. The van der Waals surface area contributed by atoms with Gasteiger partial charge < -0.3 is 20.5 Å². The fourth-order valence-electron chi connectivity index (χ4n) is 4.86. The van der Waals surface area contributed by atoms with Gasteiger partial charge in [-0.1, -0.05) is 6.07 Å². The maximum Gasteiger partial charge on any atom is 0.260 e. The summed E-state index contributed by atoms with van der Waals surface area (Å²) >= 11 is 0. The quantitative estimate of drug-likeness (QED) is 0.599. The van der Waals surface area contributed by atoms with Crippen LogP contribution in [0.5, 0.6) is 5.75 Å². The fraction of sp³-hybridized carbons (Fsp3) is 0.320. The summed E-state index contributed by atoms with van der Waals surface area (Å²) in [5.41, 5.74) is 8.73. The molecule has 3 N–H and O–H groups in total. The number of nitrogens with zero attached hydrogens (tertiary/aromatic N) is 4. The third kappa shape index (κ3) is 3.66. The van der Waals surface area contributed by atoms with Crippen LogP contribution in [0, 0.1) is 12.7 Å². The molecule has 0 radical (unpaired) electrons. The van der Waals surface area contributed by atoms with E-state index in [2.05, 4.69) is 4.98 Å². The Bertz CT molecular complexity index is 1270. The summed E-state index contributed by atoms with van der Waals surface area (Å²) in [6.45, 7) is 2.69. The van der Waals surface area contributed by atoms with Gasteiger partial charge >= 0.3 is 0 Å². The first-order valence-corrected chi connectivity index (χ1v) is 11.2. The molecule has 1 fully saturated rings. The number of amides is 1. The van der Waals surface area contributed by atoms with Crippen LogP contribution in [0.2, 0.25) is 0 Å².